The number of rotatable bonds is 7. The molecule has 1 saturated heterocycles. The fraction of sp³-hybridized carbons (Fsp3) is 0.318. The fourth-order valence-corrected chi connectivity index (χ4v) is 3.02. The smallest absolute Gasteiger partial charge is 0.328 e. The second-order valence-electron chi connectivity index (χ2n) is 7.00. The molecule has 1 fully saturated rings. The van der Waals surface area contributed by atoms with Crippen LogP contribution in [0.1, 0.15) is 12.5 Å². The minimum Gasteiger partial charge on any atom is -0.454 e. The summed E-state index contributed by atoms with van der Waals surface area (Å²) >= 11 is 0. The Hall–Kier alpha value is -3.75. The van der Waals surface area contributed by atoms with E-state index in [1.165, 1.54) is 13.0 Å². The highest BCUT2D eigenvalue weighted by atomic mass is 16.5. The predicted octanol–water partition coefficient (Wildman–Crippen LogP) is 0.886. The van der Waals surface area contributed by atoms with E-state index in [-0.39, 0.29) is 12.5 Å². The maximum atomic E-state index is 12.4. The average molecular weight is 423 g/mol. The first-order chi connectivity index (χ1) is 15.0. The molecule has 1 N–H and O–H groups in total. The molecule has 1 aliphatic rings. The summed E-state index contributed by atoms with van der Waals surface area (Å²) in [5.74, 6) is -0.721. The summed E-state index contributed by atoms with van der Waals surface area (Å²) in [6.45, 7) is 3.34. The number of amides is 2. The van der Waals surface area contributed by atoms with Crippen molar-refractivity contribution in [3.63, 3.8) is 0 Å². The topological polar surface area (TPSA) is 105 Å². The van der Waals surface area contributed by atoms with Gasteiger partial charge in [0.15, 0.2) is 6.61 Å². The number of carbonyl (C=O) groups is 3. The highest BCUT2D eigenvalue weighted by molar-refractivity contribution is 5.94. The molecule has 0 aliphatic carbocycles. The van der Waals surface area contributed by atoms with Crippen LogP contribution in [-0.2, 0) is 19.1 Å². The van der Waals surface area contributed by atoms with Gasteiger partial charge in [-0.15, -0.1) is 0 Å². The molecule has 0 radical (unpaired) electrons. The van der Waals surface area contributed by atoms with E-state index >= 15 is 0 Å². The molecule has 9 nitrogen and oxygen atoms in total. The Kier molecular flexibility index (Phi) is 7.69. The van der Waals surface area contributed by atoms with Gasteiger partial charge in [-0.2, -0.15) is 0 Å². The molecule has 2 amide bonds. The quantitative estimate of drug-likeness (QED) is 0.521. The van der Waals surface area contributed by atoms with Crippen molar-refractivity contribution in [2.75, 3.05) is 37.7 Å². The first-order valence-corrected chi connectivity index (χ1v) is 10.0. The van der Waals surface area contributed by atoms with Crippen molar-refractivity contribution in [2.24, 2.45) is 0 Å². The van der Waals surface area contributed by atoms with Crippen molar-refractivity contribution in [3.05, 3.63) is 60.4 Å². The summed E-state index contributed by atoms with van der Waals surface area (Å²) in [6.07, 6.45) is 6.35. The Morgan fingerprint density at radius 3 is 2.42 bits per heavy atom. The van der Waals surface area contributed by atoms with Crippen molar-refractivity contribution >= 4 is 29.8 Å². The van der Waals surface area contributed by atoms with Gasteiger partial charge in [-0.1, -0.05) is 30.3 Å². The van der Waals surface area contributed by atoms with Crippen molar-refractivity contribution in [1.82, 2.24) is 20.2 Å². The summed E-state index contributed by atoms with van der Waals surface area (Å²) in [5.41, 5.74) is 0.873. The molecule has 31 heavy (non-hydrogen) atoms. The Bertz CT molecular complexity index is 912. The molecule has 2 aromatic rings. The standard InChI is InChI=1S/C22H25N5O4/c1-17(25-19(28)9-8-18-6-3-2-4-7-18)21(30)31-16-20(29)26-12-14-27(15-13-26)22-23-10-5-11-24-22/h2-11,17H,12-16H2,1H3,(H,25,28)/b9-8+/t17-/m0/s1. The van der Waals surface area contributed by atoms with Crippen molar-refractivity contribution in [1.29, 1.82) is 0 Å². The van der Waals surface area contributed by atoms with Gasteiger partial charge in [0.2, 0.25) is 11.9 Å². The Morgan fingerprint density at radius 1 is 1.06 bits per heavy atom. The molecule has 2 heterocycles. The van der Waals surface area contributed by atoms with E-state index < -0.39 is 17.9 Å². The average Bonchev–Trinajstić information content (AvgIpc) is 2.82. The van der Waals surface area contributed by atoms with Gasteiger partial charge in [-0.05, 0) is 24.6 Å². The van der Waals surface area contributed by atoms with Gasteiger partial charge < -0.3 is 19.9 Å². The minimum atomic E-state index is -0.868. The normalized spacial score (nSPS) is 14.9. The maximum Gasteiger partial charge on any atom is 0.328 e. The zero-order valence-corrected chi connectivity index (χ0v) is 17.3. The summed E-state index contributed by atoms with van der Waals surface area (Å²) in [7, 11) is 0. The van der Waals surface area contributed by atoms with Crippen LogP contribution < -0.4 is 10.2 Å². The van der Waals surface area contributed by atoms with Crippen LogP contribution in [0.5, 0.6) is 0 Å². The second kappa shape index (κ2) is 10.9. The molecule has 0 spiro atoms. The number of anilines is 1. The monoisotopic (exact) mass is 423 g/mol. The second-order valence-corrected chi connectivity index (χ2v) is 7.00. The third-order valence-corrected chi connectivity index (χ3v) is 4.74. The Balaban J connectivity index is 1.38. The van der Waals surface area contributed by atoms with Crippen LogP contribution in [0, 0.1) is 0 Å². The van der Waals surface area contributed by atoms with Crippen LogP contribution in [0.25, 0.3) is 6.08 Å². The minimum absolute atomic E-state index is 0.274. The zero-order chi connectivity index (χ0) is 22.1. The van der Waals surface area contributed by atoms with E-state index in [1.807, 2.05) is 35.2 Å². The molecule has 9 heteroatoms. The number of piperazine rings is 1. The Morgan fingerprint density at radius 2 is 1.74 bits per heavy atom. The lowest BCUT2D eigenvalue weighted by Crippen LogP contribution is -2.50. The van der Waals surface area contributed by atoms with Crippen LogP contribution >= 0.6 is 0 Å². The lowest BCUT2D eigenvalue weighted by atomic mass is 10.2. The molecule has 1 atom stereocenters. The van der Waals surface area contributed by atoms with Gasteiger partial charge in [0.25, 0.3) is 5.91 Å². The number of ether oxygens (including phenoxy) is 1. The third-order valence-electron chi connectivity index (χ3n) is 4.74. The fourth-order valence-electron chi connectivity index (χ4n) is 3.02. The first kappa shape index (κ1) is 21.9. The van der Waals surface area contributed by atoms with Crippen LogP contribution in [0.3, 0.4) is 0 Å². The maximum absolute atomic E-state index is 12.4. The largest absolute Gasteiger partial charge is 0.454 e. The number of esters is 1. The molecule has 162 valence electrons. The van der Waals surface area contributed by atoms with E-state index in [0.29, 0.717) is 32.1 Å². The first-order valence-electron chi connectivity index (χ1n) is 10.0. The number of aromatic nitrogens is 2. The van der Waals surface area contributed by atoms with Crippen molar-refractivity contribution < 1.29 is 19.1 Å². The lowest BCUT2D eigenvalue weighted by Gasteiger charge is -2.34. The molecular formula is C22H25N5O4. The van der Waals surface area contributed by atoms with Crippen LogP contribution in [0.4, 0.5) is 5.95 Å². The van der Waals surface area contributed by atoms with E-state index in [4.69, 9.17) is 4.74 Å². The SMILES string of the molecule is C[C@H](NC(=O)/C=C/c1ccccc1)C(=O)OCC(=O)N1CCN(c2ncccn2)CC1. The van der Waals surface area contributed by atoms with Crippen molar-refractivity contribution in [2.45, 2.75) is 13.0 Å². The summed E-state index contributed by atoms with van der Waals surface area (Å²) < 4.78 is 5.09. The number of hydrogen-bond donors (Lipinski definition) is 1. The van der Waals surface area contributed by atoms with Gasteiger partial charge >= 0.3 is 5.97 Å². The van der Waals surface area contributed by atoms with Gasteiger partial charge in [-0.25, -0.2) is 14.8 Å². The van der Waals surface area contributed by atoms with Crippen LogP contribution in [0.15, 0.2) is 54.9 Å². The lowest BCUT2D eigenvalue weighted by molar-refractivity contribution is -0.154. The summed E-state index contributed by atoms with van der Waals surface area (Å²) in [4.78, 5) is 48.5. The number of nitrogens with zero attached hydrogens (tertiary/aromatic N) is 4. The molecule has 0 bridgehead atoms. The molecular weight excluding hydrogens is 398 g/mol. The summed E-state index contributed by atoms with van der Waals surface area (Å²) in [5, 5.41) is 2.53. The molecule has 1 aliphatic heterocycles. The highest BCUT2D eigenvalue weighted by Crippen LogP contribution is 2.10. The van der Waals surface area contributed by atoms with Crippen molar-refractivity contribution in [3.8, 4) is 0 Å². The van der Waals surface area contributed by atoms with E-state index in [9.17, 15) is 14.4 Å². The molecule has 1 aromatic heterocycles. The molecule has 1 aromatic carbocycles. The van der Waals surface area contributed by atoms with E-state index in [1.54, 1.807) is 29.4 Å². The van der Waals surface area contributed by atoms with E-state index in [2.05, 4.69) is 15.3 Å². The Labute approximate surface area is 180 Å². The van der Waals surface area contributed by atoms with Gasteiger partial charge in [0.05, 0.1) is 0 Å². The highest BCUT2D eigenvalue weighted by Gasteiger charge is 2.24. The van der Waals surface area contributed by atoms with Gasteiger partial charge in [-0.3, -0.25) is 9.59 Å². The summed E-state index contributed by atoms with van der Waals surface area (Å²) in [6, 6.07) is 10.2. The van der Waals surface area contributed by atoms with Gasteiger partial charge in [0, 0.05) is 44.6 Å². The molecule has 0 unspecified atom stereocenters. The van der Waals surface area contributed by atoms with Gasteiger partial charge in [0.1, 0.15) is 6.04 Å². The number of nitrogens with one attached hydrogen (secondary N) is 1. The van der Waals surface area contributed by atoms with E-state index in [0.717, 1.165) is 5.56 Å². The van der Waals surface area contributed by atoms with Crippen LogP contribution in [0.2, 0.25) is 0 Å². The molecule has 3 rings (SSSR count). The van der Waals surface area contributed by atoms with Crippen LogP contribution in [-0.4, -0.2) is 71.5 Å². The zero-order valence-electron chi connectivity index (χ0n) is 17.3. The number of carbonyl (C=O) groups excluding carboxylic acids is 3. The molecule has 0 saturated carbocycles. The number of benzene rings is 1. The predicted molar refractivity (Wildman–Crippen MR) is 115 cm³/mol. The third kappa shape index (κ3) is 6.63. The number of hydrogen-bond acceptors (Lipinski definition) is 7.